The van der Waals surface area contributed by atoms with Crippen LogP contribution in [0, 0.1) is 16.2 Å². The van der Waals surface area contributed by atoms with E-state index in [1.807, 2.05) is 0 Å². The maximum Gasteiger partial charge on any atom is 0.327 e. The molecule has 58 heavy (non-hydrogen) atoms. The second kappa shape index (κ2) is 40.6. The molecule has 0 aromatic carbocycles. The quantitative estimate of drug-likeness (QED) is 0.0781. The molecule has 0 atom stereocenters. The summed E-state index contributed by atoms with van der Waals surface area (Å²) in [5.41, 5.74) is 0.711. The van der Waals surface area contributed by atoms with E-state index < -0.39 is 11.9 Å². The van der Waals surface area contributed by atoms with Crippen molar-refractivity contribution in [1.82, 2.24) is 0 Å². The highest BCUT2D eigenvalue weighted by atomic mass is 16.4. The highest BCUT2D eigenvalue weighted by Gasteiger charge is 2.30. The highest BCUT2D eigenvalue weighted by Crippen LogP contribution is 2.41. The van der Waals surface area contributed by atoms with Gasteiger partial charge in [-0.1, -0.05) is 148 Å². The Morgan fingerprint density at radius 3 is 0.552 bits per heavy atom. The van der Waals surface area contributed by atoms with Gasteiger partial charge in [-0.15, -0.1) is 0 Å². The second-order valence-corrected chi connectivity index (χ2v) is 17.4. The van der Waals surface area contributed by atoms with Crippen molar-refractivity contribution in [2.75, 3.05) is 39.6 Å². The predicted octanol–water partition coefficient (Wildman–Crippen LogP) is 10.3. The van der Waals surface area contributed by atoms with Crippen molar-refractivity contribution >= 4 is 11.9 Å². The number of carboxylic acid groups (broad SMARTS) is 2. The predicted molar refractivity (Wildman–Crippen MR) is 238 cm³/mol. The van der Waals surface area contributed by atoms with E-state index in [2.05, 4.69) is 13.2 Å². The summed E-state index contributed by atoms with van der Waals surface area (Å²) in [4.78, 5) is 18.5. The first kappa shape index (κ1) is 58.3. The topological polar surface area (TPSA) is 196 Å². The van der Waals surface area contributed by atoms with E-state index in [9.17, 15) is 40.2 Å². The van der Waals surface area contributed by atoms with Gasteiger partial charge in [0.2, 0.25) is 0 Å². The van der Waals surface area contributed by atoms with Gasteiger partial charge in [-0.2, -0.15) is 0 Å². The minimum absolute atomic E-state index is 0.237. The van der Waals surface area contributed by atoms with Gasteiger partial charge in [0.1, 0.15) is 0 Å². The molecule has 0 bridgehead atoms. The van der Waals surface area contributed by atoms with Crippen LogP contribution in [0.3, 0.4) is 0 Å². The first-order chi connectivity index (χ1) is 28.0. The van der Waals surface area contributed by atoms with E-state index in [-0.39, 0.29) is 55.9 Å². The average Bonchev–Trinajstić information content (AvgIpc) is 3.21. The summed E-state index contributed by atoms with van der Waals surface area (Å²) in [6.07, 6.45) is 42.2. The fraction of sp³-hybridized carbons (Fsp3) is 0.875. The van der Waals surface area contributed by atoms with Crippen molar-refractivity contribution in [3.8, 4) is 0 Å². The number of hydrogen-bond acceptors (Lipinski definition) is 8. The molecule has 10 nitrogen and oxygen atoms in total. The van der Waals surface area contributed by atoms with Crippen LogP contribution in [0.5, 0.6) is 0 Å². The Morgan fingerprint density at radius 2 is 0.448 bits per heavy atom. The summed E-state index contributed by atoms with van der Waals surface area (Å²) in [6, 6.07) is 0. The van der Waals surface area contributed by atoms with E-state index in [1.165, 1.54) is 173 Å². The fourth-order valence-electron chi connectivity index (χ4n) is 9.32. The molecule has 0 amide bonds. The molecule has 3 saturated carbocycles. The van der Waals surface area contributed by atoms with E-state index in [0.29, 0.717) is 0 Å². The molecule has 3 rings (SSSR count). The Hall–Kier alpha value is -1.82. The van der Waals surface area contributed by atoms with E-state index in [4.69, 9.17) is 10.2 Å². The Labute approximate surface area is 354 Å². The zero-order valence-corrected chi connectivity index (χ0v) is 37.0. The number of carboxylic acids is 2. The van der Waals surface area contributed by atoms with Crippen LogP contribution in [0.25, 0.3) is 0 Å². The number of aliphatic hydroxyl groups is 6. The standard InChI is InChI=1S/3C14H28O2.2C3H4O2/c3*15-12-10-14(11-13-16)8-6-4-2-1-3-5-7-9-14;2*1-2-3(4)5/h3*15-16H,1-13H2;2*2H,1H2,(H,4,5). The molecule has 0 radical (unpaired) electrons. The van der Waals surface area contributed by atoms with Crippen molar-refractivity contribution in [3.63, 3.8) is 0 Å². The molecule has 3 fully saturated rings. The molecule has 8 N–H and O–H groups in total. The Kier molecular flexibility index (Phi) is 40.8. The average molecular weight is 829 g/mol. The minimum atomic E-state index is -0.981. The van der Waals surface area contributed by atoms with Crippen molar-refractivity contribution in [2.24, 2.45) is 16.2 Å². The molecular formula is C48H92O10. The largest absolute Gasteiger partial charge is 0.478 e. The second-order valence-electron chi connectivity index (χ2n) is 17.4. The molecule has 3 aliphatic carbocycles. The molecule has 0 aliphatic heterocycles. The molecule has 344 valence electrons. The zero-order chi connectivity index (χ0) is 43.6. The molecule has 0 saturated heterocycles. The maximum atomic E-state index is 9.25. The van der Waals surface area contributed by atoms with Gasteiger partial charge in [0.05, 0.1) is 0 Å². The van der Waals surface area contributed by atoms with Crippen LogP contribution in [-0.2, 0) is 9.59 Å². The first-order valence-electron chi connectivity index (χ1n) is 23.4. The lowest BCUT2D eigenvalue weighted by Gasteiger charge is -2.34. The van der Waals surface area contributed by atoms with Crippen LogP contribution in [0.4, 0.5) is 0 Å². The summed E-state index contributed by atoms with van der Waals surface area (Å²) in [7, 11) is 0. The molecule has 10 heteroatoms. The van der Waals surface area contributed by atoms with Crippen molar-refractivity contribution in [3.05, 3.63) is 25.3 Å². The first-order valence-corrected chi connectivity index (χ1v) is 23.4. The zero-order valence-electron chi connectivity index (χ0n) is 37.0. The number of carbonyl (C=O) groups is 2. The van der Waals surface area contributed by atoms with Crippen LogP contribution in [0.1, 0.15) is 212 Å². The van der Waals surface area contributed by atoms with Crippen molar-refractivity contribution < 1.29 is 50.4 Å². The van der Waals surface area contributed by atoms with Gasteiger partial charge in [0, 0.05) is 51.8 Å². The SMILES string of the molecule is C=CC(=O)O.C=CC(=O)O.OCCC1(CCO)CCCCCCCCC1.OCCC1(CCO)CCCCCCCCC1.OCCC1(CCO)CCCCCCCCC1. The Balaban J connectivity index is 0. The van der Waals surface area contributed by atoms with Crippen LogP contribution in [0.15, 0.2) is 25.3 Å². The van der Waals surface area contributed by atoms with Gasteiger partial charge in [-0.25, -0.2) is 9.59 Å². The summed E-state index contributed by atoms with van der Waals surface area (Å²) < 4.78 is 0. The van der Waals surface area contributed by atoms with Gasteiger partial charge >= 0.3 is 11.9 Å². The lowest BCUT2D eigenvalue weighted by Crippen LogP contribution is -2.24. The molecular weight excluding hydrogens is 737 g/mol. The lowest BCUT2D eigenvalue weighted by atomic mass is 9.72. The fourth-order valence-corrected chi connectivity index (χ4v) is 9.32. The number of rotatable bonds is 14. The van der Waals surface area contributed by atoms with Crippen LogP contribution < -0.4 is 0 Å². The van der Waals surface area contributed by atoms with Crippen LogP contribution >= 0.6 is 0 Å². The summed E-state index contributed by atoms with van der Waals surface area (Å²) in [5, 5.41) is 70.5. The third-order valence-corrected chi connectivity index (χ3v) is 12.9. The molecule has 0 spiro atoms. The van der Waals surface area contributed by atoms with Gasteiger partial charge in [-0.05, 0) is 93.3 Å². The van der Waals surface area contributed by atoms with E-state index in [0.717, 1.165) is 50.7 Å². The normalized spacial score (nSPS) is 20.0. The third-order valence-electron chi connectivity index (χ3n) is 12.9. The molecule has 0 heterocycles. The van der Waals surface area contributed by atoms with Crippen LogP contribution in [-0.4, -0.2) is 92.4 Å². The summed E-state index contributed by atoms with van der Waals surface area (Å²) in [6.45, 7) is 7.59. The van der Waals surface area contributed by atoms with Gasteiger partial charge < -0.3 is 40.9 Å². The molecule has 3 aliphatic rings. The summed E-state index contributed by atoms with van der Waals surface area (Å²) in [5.74, 6) is -1.96. The van der Waals surface area contributed by atoms with Gasteiger partial charge in [0.25, 0.3) is 0 Å². The van der Waals surface area contributed by atoms with Gasteiger partial charge in [0.15, 0.2) is 0 Å². The Morgan fingerprint density at radius 1 is 0.328 bits per heavy atom. The highest BCUT2D eigenvalue weighted by molar-refractivity contribution is 5.79. The van der Waals surface area contributed by atoms with Crippen molar-refractivity contribution in [2.45, 2.75) is 212 Å². The smallest absolute Gasteiger partial charge is 0.327 e. The number of aliphatic carboxylic acids is 2. The number of aliphatic hydroxyl groups excluding tert-OH is 6. The molecule has 0 unspecified atom stereocenters. The lowest BCUT2D eigenvalue weighted by molar-refractivity contribution is -0.132. The van der Waals surface area contributed by atoms with E-state index >= 15 is 0 Å². The molecule has 0 aromatic rings. The maximum absolute atomic E-state index is 9.25. The monoisotopic (exact) mass is 829 g/mol. The van der Waals surface area contributed by atoms with Gasteiger partial charge in [-0.3, -0.25) is 0 Å². The van der Waals surface area contributed by atoms with Crippen molar-refractivity contribution in [1.29, 1.82) is 0 Å². The Bertz CT molecular complexity index is 792. The minimum Gasteiger partial charge on any atom is -0.478 e. The number of hydrogen-bond donors (Lipinski definition) is 8. The molecule has 0 aromatic heterocycles. The summed E-state index contributed by atoms with van der Waals surface area (Å²) >= 11 is 0. The van der Waals surface area contributed by atoms with Crippen LogP contribution in [0.2, 0.25) is 0 Å². The third kappa shape index (κ3) is 33.0. The van der Waals surface area contributed by atoms with E-state index in [1.54, 1.807) is 0 Å².